The van der Waals surface area contributed by atoms with Gasteiger partial charge in [-0.25, -0.2) is 23.3 Å². The van der Waals surface area contributed by atoms with Gasteiger partial charge in [0.15, 0.2) is 11.5 Å². The van der Waals surface area contributed by atoms with Crippen molar-refractivity contribution in [1.29, 1.82) is 0 Å². The summed E-state index contributed by atoms with van der Waals surface area (Å²) in [5.41, 5.74) is 1.18. The lowest BCUT2D eigenvalue weighted by Crippen LogP contribution is -2.28. The highest BCUT2D eigenvalue weighted by Crippen LogP contribution is 2.21. The molecule has 0 spiro atoms. The second-order valence-electron chi connectivity index (χ2n) is 6.20. The molecule has 4 aromatic rings. The average molecular weight is 379 g/mol. The van der Waals surface area contributed by atoms with Crippen molar-refractivity contribution in [2.24, 2.45) is 0 Å². The number of carbonyl (C=O) groups is 1. The molecule has 0 saturated carbocycles. The van der Waals surface area contributed by atoms with E-state index >= 15 is 0 Å². The van der Waals surface area contributed by atoms with E-state index in [9.17, 15) is 13.6 Å². The molecule has 4 rings (SSSR count). The van der Waals surface area contributed by atoms with Crippen LogP contribution in [0.25, 0.3) is 16.9 Å². The molecule has 0 radical (unpaired) electrons. The van der Waals surface area contributed by atoms with Gasteiger partial charge in [-0.2, -0.15) is 0 Å². The van der Waals surface area contributed by atoms with Gasteiger partial charge < -0.3 is 5.32 Å². The number of hydrogen-bond acceptors (Lipinski definition) is 4. The first-order chi connectivity index (χ1) is 13.5. The number of nitrogens with one attached hydrogen (secondary N) is 1. The van der Waals surface area contributed by atoms with Gasteiger partial charge in [-0.3, -0.25) is 4.79 Å². The standard InChI is InChI=1S/C20H15F2N5O/c1-12(24-20(28)14-7-3-5-9-16(14)22)19-25-18-10-17(23-11-27(18)26-19)13-6-2-4-8-15(13)21/h2-12H,1H3,(H,24,28)/t12-/m0/s1. The zero-order valence-corrected chi connectivity index (χ0v) is 14.8. The molecule has 6 nitrogen and oxygen atoms in total. The van der Waals surface area contributed by atoms with Crippen LogP contribution in [0.2, 0.25) is 0 Å². The molecular weight excluding hydrogens is 364 g/mol. The maximum atomic E-state index is 14.0. The number of rotatable bonds is 4. The van der Waals surface area contributed by atoms with E-state index in [1.54, 1.807) is 37.3 Å². The van der Waals surface area contributed by atoms with Crippen molar-refractivity contribution in [2.75, 3.05) is 0 Å². The molecule has 2 aromatic carbocycles. The number of hydrogen-bond donors (Lipinski definition) is 1. The maximum Gasteiger partial charge on any atom is 0.254 e. The number of nitrogens with zero attached hydrogens (tertiary/aromatic N) is 4. The third-order valence-corrected chi connectivity index (χ3v) is 4.25. The van der Waals surface area contributed by atoms with Crippen molar-refractivity contribution in [1.82, 2.24) is 24.9 Å². The fourth-order valence-electron chi connectivity index (χ4n) is 2.80. The molecule has 2 heterocycles. The van der Waals surface area contributed by atoms with Gasteiger partial charge in [-0.1, -0.05) is 24.3 Å². The summed E-state index contributed by atoms with van der Waals surface area (Å²) in [4.78, 5) is 20.9. The van der Waals surface area contributed by atoms with E-state index in [4.69, 9.17) is 0 Å². The van der Waals surface area contributed by atoms with Crippen molar-refractivity contribution in [3.8, 4) is 11.3 Å². The quantitative estimate of drug-likeness (QED) is 0.589. The lowest BCUT2D eigenvalue weighted by molar-refractivity contribution is 0.0934. The van der Waals surface area contributed by atoms with E-state index in [1.807, 2.05) is 0 Å². The normalized spacial score (nSPS) is 12.1. The highest BCUT2D eigenvalue weighted by atomic mass is 19.1. The van der Waals surface area contributed by atoms with Crippen LogP contribution in [0.15, 0.2) is 60.9 Å². The first kappa shape index (κ1) is 17.7. The van der Waals surface area contributed by atoms with Crippen LogP contribution in [0.5, 0.6) is 0 Å². The Hall–Kier alpha value is -3.68. The number of amides is 1. The summed E-state index contributed by atoms with van der Waals surface area (Å²) in [6, 6.07) is 13.1. The topological polar surface area (TPSA) is 72.2 Å². The summed E-state index contributed by atoms with van der Waals surface area (Å²) in [6.45, 7) is 1.69. The summed E-state index contributed by atoms with van der Waals surface area (Å²) in [5.74, 6) is -1.22. The molecule has 1 atom stereocenters. The number of halogens is 2. The Morgan fingerprint density at radius 1 is 1.07 bits per heavy atom. The molecular formula is C20H15F2N5O. The lowest BCUT2D eigenvalue weighted by atomic mass is 10.1. The van der Waals surface area contributed by atoms with Crippen LogP contribution in [0.1, 0.15) is 29.1 Å². The molecule has 0 aliphatic carbocycles. The van der Waals surface area contributed by atoms with Crippen LogP contribution < -0.4 is 5.32 Å². The average Bonchev–Trinajstić information content (AvgIpc) is 3.12. The minimum absolute atomic E-state index is 0.0541. The molecule has 8 heteroatoms. The van der Waals surface area contributed by atoms with Crippen LogP contribution in [0, 0.1) is 11.6 Å². The van der Waals surface area contributed by atoms with Crippen LogP contribution in [-0.2, 0) is 0 Å². The molecule has 0 fully saturated rings. The zero-order valence-electron chi connectivity index (χ0n) is 14.8. The SMILES string of the molecule is C[C@H](NC(=O)c1ccccc1F)c1nc2cc(-c3ccccc3F)ncn2n1. The molecule has 0 saturated heterocycles. The number of aromatic nitrogens is 4. The summed E-state index contributed by atoms with van der Waals surface area (Å²) in [6.07, 6.45) is 1.43. The minimum atomic E-state index is -0.603. The monoisotopic (exact) mass is 379 g/mol. The summed E-state index contributed by atoms with van der Waals surface area (Å²) < 4.78 is 29.2. The van der Waals surface area contributed by atoms with E-state index < -0.39 is 17.8 Å². The zero-order chi connectivity index (χ0) is 19.7. The van der Waals surface area contributed by atoms with Gasteiger partial charge in [-0.05, 0) is 31.2 Å². The second-order valence-corrected chi connectivity index (χ2v) is 6.20. The highest BCUT2D eigenvalue weighted by Gasteiger charge is 2.18. The van der Waals surface area contributed by atoms with Crippen LogP contribution in [-0.4, -0.2) is 25.5 Å². The van der Waals surface area contributed by atoms with Gasteiger partial charge in [0.2, 0.25) is 0 Å². The number of benzene rings is 2. The Bertz CT molecular complexity index is 1170. The van der Waals surface area contributed by atoms with Gasteiger partial charge in [-0.15, -0.1) is 5.10 Å². The molecule has 0 aliphatic rings. The van der Waals surface area contributed by atoms with Gasteiger partial charge in [0.1, 0.15) is 18.0 Å². The van der Waals surface area contributed by atoms with E-state index in [1.165, 1.54) is 35.1 Å². The van der Waals surface area contributed by atoms with E-state index in [-0.39, 0.29) is 11.4 Å². The maximum absolute atomic E-state index is 14.0. The van der Waals surface area contributed by atoms with Gasteiger partial charge in [0.25, 0.3) is 5.91 Å². The minimum Gasteiger partial charge on any atom is -0.342 e. The summed E-state index contributed by atoms with van der Waals surface area (Å²) in [5, 5.41) is 6.95. The third kappa shape index (κ3) is 3.32. The van der Waals surface area contributed by atoms with Crippen molar-refractivity contribution < 1.29 is 13.6 Å². The summed E-state index contributed by atoms with van der Waals surface area (Å²) >= 11 is 0. The summed E-state index contributed by atoms with van der Waals surface area (Å²) in [7, 11) is 0. The van der Waals surface area contributed by atoms with E-state index in [2.05, 4.69) is 20.4 Å². The van der Waals surface area contributed by atoms with Crippen molar-refractivity contribution in [3.05, 3.63) is 83.9 Å². The van der Waals surface area contributed by atoms with Gasteiger partial charge in [0.05, 0.1) is 17.3 Å². The number of carbonyl (C=O) groups excluding carboxylic acids is 1. The number of fused-ring (bicyclic) bond motifs is 1. The van der Waals surface area contributed by atoms with E-state index in [0.29, 0.717) is 22.7 Å². The highest BCUT2D eigenvalue weighted by molar-refractivity contribution is 5.94. The molecule has 0 unspecified atom stereocenters. The Morgan fingerprint density at radius 2 is 1.79 bits per heavy atom. The van der Waals surface area contributed by atoms with Crippen molar-refractivity contribution in [2.45, 2.75) is 13.0 Å². The molecule has 2 aromatic heterocycles. The Kier molecular flexibility index (Phi) is 4.52. The largest absolute Gasteiger partial charge is 0.342 e. The molecule has 1 N–H and O–H groups in total. The fourth-order valence-corrected chi connectivity index (χ4v) is 2.80. The molecule has 140 valence electrons. The smallest absolute Gasteiger partial charge is 0.254 e. The Labute approximate surface area is 158 Å². The van der Waals surface area contributed by atoms with Crippen LogP contribution >= 0.6 is 0 Å². The van der Waals surface area contributed by atoms with Crippen molar-refractivity contribution in [3.63, 3.8) is 0 Å². The van der Waals surface area contributed by atoms with Gasteiger partial charge in [0, 0.05) is 11.6 Å². The lowest BCUT2D eigenvalue weighted by Gasteiger charge is -2.10. The predicted molar refractivity (Wildman–Crippen MR) is 98.5 cm³/mol. The molecule has 0 bridgehead atoms. The van der Waals surface area contributed by atoms with Crippen LogP contribution in [0.4, 0.5) is 8.78 Å². The first-order valence-electron chi connectivity index (χ1n) is 8.55. The molecule has 28 heavy (non-hydrogen) atoms. The molecule has 0 aliphatic heterocycles. The molecule has 1 amide bonds. The first-order valence-corrected chi connectivity index (χ1v) is 8.55. The fraction of sp³-hybridized carbons (Fsp3) is 0.100. The Morgan fingerprint density at radius 3 is 2.54 bits per heavy atom. The van der Waals surface area contributed by atoms with Crippen molar-refractivity contribution >= 4 is 11.6 Å². The van der Waals surface area contributed by atoms with E-state index in [0.717, 1.165) is 0 Å². The van der Waals surface area contributed by atoms with Gasteiger partial charge >= 0.3 is 0 Å². The second kappa shape index (κ2) is 7.15. The Balaban J connectivity index is 1.60. The predicted octanol–water partition coefficient (Wildman–Crippen LogP) is 3.56. The third-order valence-electron chi connectivity index (χ3n) is 4.25. The van der Waals surface area contributed by atoms with Crippen LogP contribution in [0.3, 0.4) is 0 Å².